The number of hydrogen-bond donors (Lipinski definition) is 1. The second-order valence-corrected chi connectivity index (χ2v) is 8.78. The normalized spacial score (nSPS) is 19.9. The Morgan fingerprint density at radius 1 is 1.24 bits per heavy atom. The van der Waals surface area contributed by atoms with E-state index in [1.807, 2.05) is 27.9 Å². The van der Waals surface area contributed by atoms with Gasteiger partial charge in [0.1, 0.15) is 5.82 Å². The lowest BCUT2D eigenvalue weighted by Crippen LogP contribution is -2.35. The fourth-order valence-corrected chi connectivity index (χ4v) is 4.55. The molecule has 2 aromatic rings. The Morgan fingerprint density at radius 3 is 2.79 bits per heavy atom. The van der Waals surface area contributed by atoms with Crippen molar-refractivity contribution in [3.63, 3.8) is 0 Å². The van der Waals surface area contributed by atoms with Crippen molar-refractivity contribution in [3.8, 4) is 0 Å². The molecule has 1 aliphatic carbocycles. The summed E-state index contributed by atoms with van der Waals surface area (Å²) in [6.07, 6.45) is 11.7. The third kappa shape index (κ3) is 3.74. The summed E-state index contributed by atoms with van der Waals surface area (Å²) < 4.78 is 0. The number of carbonyl (C=O) groups excluding carboxylic acids is 2. The highest BCUT2D eigenvalue weighted by Crippen LogP contribution is 2.52. The van der Waals surface area contributed by atoms with E-state index < -0.39 is 0 Å². The quantitative estimate of drug-likeness (QED) is 0.792. The van der Waals surface area contributed by atoms with Gasteiger partial charge in [-0.1, -0.05) is 5.57 Å². The Morgan fingerprint density at radius 2 is 2.07 bits per heavy atom. The molecule has 1 saturated carbocycles. The number of anilines is 1. The fraction of sp³-hybridized carbons (Fsp3) is 0.364. The number of hydrogen-bond acceptors (Lipinski definition) is 5. The molecule has 2 fully saturated rings. The molecule has 2 aliphatic heterocycles. The minimum absolute atomic E-state index is 0.0300. The molecule has 2 aromatic heterocycles. The summed E-state index contributed by atoms with van der Waals surface area (Å²) >= 11 is 1.59. The molecule has 5 rings (SSSR count). The lowest BCUT2D eigenvalue weighted by Gasteiger charge is -2.27. The van der Waals surface area contributed by atoms with Crippen LogP contribution in [-0.2, 0) is 16.0 Å². The molecule has 0 unspecified atom stereocenters. The molecule has 2 amide bonds. The van der Waals surface area contributed by atoms with Crippen molar-refractivity contribution in [2.45, 2.75) is 32.1 Å². The first-order chi connectivity index (χ1) is 14.1. The van der Waals surface area contributed by atoms with Crippen LogP contribution in [0.1, 0.15) is 42.5 Å². The van der Waals surface area contributed by atoms with Crippen LogP contribution in [0.25, 0.3) is 12.2 Å². The molecular formula is C22H22N4O2S. The van der Waals surface area contributed by atoms with E-state index >= 15 is 0 Å². The fourth-order valence-electron chi connectivity index (χ4n) is 4.04. The van der Waals surface area contributed by atoms with Crippen LogP contribution in [0.4, 0.5) is 5.82 Å². The smallest absolute Gasteiger partial charge is 0.246 e. The van der Waals surface area contributed by atoms with Gasteiger partial charge in [-0.2, -0.15) is 0 Å². The molecular weight excluding hydrogens is 384 g/mol. The van der Waals surface area contributed by atoms with Gasteiger partial charge in [0, 0.05) is 30.7 Å². The van der Waals surface area contributed by atoms with Gasteiger partial charge in [0.2, 0.25) is 11.8 Å². The Hall–Kier alpha value is -2.80. The molecule has 148 valence electrons. The average molecular weight is 407 g/mol. The Kier molecular flexibility index (Phi) is 4.54. The summed E-state index contributed by atoms with van der Waals surface area (Å²) in [6, 6.07) is 2.04. The summed E-state index contributed by atoms with van der Waals surface area (Å²) in [7, 11) is 0. The summed E-state index contributed by atoms with van der Waals surface area (Å²) in [5, 5.41) is 4.96. The van der Waals surface area contributed by atoms with Crippen molar-refractivity contribution in [2.24, 2.45) is 5.41 Å². The number of likely N-dealkylation sites (tertiary alicyclic amines) is 1. The monoisotopic (exact) mass is 406 g/mol. The Balaban J connectivity index is 1.21. The number of rotatable bonds is 3. The van der Waals surface area contributed by atoms with Crippen LogP contribution in [-0.4, -0.2) is 39.8 Å². The largest absolute Gasteiger partial charge is 0.339 e. The lowest BCUT2D eigenvalue weighted by atomic mass is 9.92. The second-order valence-electron chi connectivity index (χ2n) is 8.06. The van der Waals surface area contributed by atoms with Crippen molar-refractivity contribution < 1.29 is 9.59 Å². The van der Waals surface area contributed by atoms with Gasteiger partial charge in [-0.05, 0) is 61.4 Å². The topological polar surface area (TPSA) is 75.2 Å². The van der Waals surface area contributed by atoms with Crippen molar-refractivity contribution in [1.82, 2.24) is 14.9 Å². The predicted octanol–water partition coefficient (Wildman–Crippen LogP) is 3.53. The summed E-state index contributed by atoms with van der Waals surface area (Å²) in [5.74, 6) is 0.790. The number of nitrogens with zero attached hydrogens (tertiary/aromatic N) is 3. The third-order valence-electron chi connectivity index (χ3n) is 6.02. The zero-order valence-electron chi connectivity index (χ0n) is 16.1. The highest BCUT2D eigenvalue weighted by Gasteiger charge is 2.52. The predicted molar refractivity (Wildman–Crippen MR) is 113 cm³/mol. The molecule has 29 heavy (non-hydrogen) atoms. The van der Waals surface area contributed by atoms with Crippen molar-refractivity contribution in [1.29, 1.82) is 0 Å². The van der Waals surface area contributed by atoms with E-state index in [1.165, 1.54) is 5.57 Å². The summed E-state index contributed by atoms with van der Waals surface area (Å²) in [5.41, 5.74) is 5.94. The van der Waals surface area contributed by atoms with Gasteiger partial charge >= 0.3 is 0 Å². The van der Waals surface area contributed by atoms with Crippen molar-refractivity contribution in [2.75, 3.05) is 18.4 Å². The number of thiazole rings is 1. The summed E-state index contributed by atoms with van der Waals surface area (Å²) in [6.45, 7) is 1.46. The molecule has 1 spiro atoms. The van der Waals surface area contributed by atoms with Gasteiger partial charge in [-0.3, -0.25) is 9.59 Å². The van der Waals surface area contributed by atoms with Crippen LogP contribution >= 0.6 is 11.3 Å². The van der Waals surface area contributed by atoms with E-state index in [1.54, 1.807) is 23.6 Å². The van der Waals surface area contributed by atoms with E-state index in [-0.39, 0.29) is 17.2 Å². The van der Waals surface area contributed by atoms with Gasteiger partial charge in [-0.15, -0.1) is 11.3 Å². The zero-order chi connectivity index (χ0) is 19.8. The standard InChI is InChI=1S/C22H22N4O2S/c27-19(26-7-3-15(4-8-26)10-18-13-29-14-24-18)2-1-16-9-17-11-22(5-6-22)21(28)25-20(17)23-12-16/h1-2,9-10,12-14H,3-8,11H2,(H,23,25,28). The van der Waals surface area contributed by atoms with Crippen LogP contribution in [0.15, 0.2) is 34.8 Å². The van der Waals surface area contributed by atoms with Crippen LogP contribution in [0.3, 0.4) is 0 Å². The molecule has 0 atom stereocenters. The number of piperidine rings is 1. The van der Waals surface area contributed by atoms with Crippen molar-refractivity contribution >= 4 is 41.1 Å². The SMILES string of the molecule is O=C(C=Cc1cnc2c(c1)CC1(CC1)C(=O)N2)N1CCC(=Cc2cscn2)CC1. The highest BCUT2D eigenvalue weighted by atomic mass is 32.1. The minimum Gasteiger partial charge on any atom is -0.339 e. The summed E-state index contributed by atoms with van der Waals surface area (Å²) in [4.78, 5) is 35.2. The minimum atomic E-state index is -0.204. The molecule has 1 N–H and O–H groups in total. The van der Waals surface area contributed by atoms with Crippen LogP contribution < -0.4 is 5.32 Å². The third-order valence-corrected chi connectivity index (χ3v) is 6.63. The van der Waals surface area contributed by atoms with Gasteiger partial charge in [0.15, 0.2) is 0 Å². The van der Waals surface area contributed by atoms with E-state index in [0.29, 0.717) is 5.82 Å². The van der Waals surface area contributed by atoms with Crippen LogP contribution in [0.2, 0.25) is 0 Å². The maximum absolute atomic E-state index is 12.6. The number of pyridine rings is 1. The number of carbonyl (C=O) groups is 2. The van der Waals surface area contributed by atoms with Gasteiger partial charge in [-0.25, -0.2) is 9.97 Å². The molecule has 0 aromatic carbocycles. The van der Waals surface area contributed by atoms with Crippen LogP contribution in [0, 0.1) is 5.41 Å². The first-order valence-corrected chi connectivity index (χ1v) is 10.9. The lowest BCUT2D eigenvalue weighted by molar-refractivity contribution is -0.126. The van der Waals surface area contributed by atoms with Crippen molar-refractivity contribution in [3.05, 3.63) is 51.6 Å². The molecule has 0 bridgehead atoms. The Bertz CT molecular complexity index is 1010. The van der Waals surface area contributed by atoms with Gasteiger partial charge < -0.3 is 10.2 Å². The molecule has 3 aliphatic rings. The average Bonchev–Trinajstić information content (AvgIpc) is 3.32. The number of amides is 2. The molecule has 6 nitrogen and oxygen atoms in total. The first kappa shape index (κ1) is 18.2. The number of fused-ring (bicyclic) bond motifs is 1. The van der Waals surface area contributed by atoms with E-state index in [4.69, 9.17) is 0 Å². The van der Waals surface area contributed by atoms with Gasteiger partial charge in [0.05, 0.1) is 16.6 Å². The molecule has 0 radical (unpaired) electrons. The first-order valence-electron chi connectivity index (χ1n) is 9.96. The second kappa shape index (κ2) is 7.22. The number of nitrogens with one attached hydrogen (secondary N) is 1. The Labute approximate surface area is 173 Å². The van der Waals surface area contributed by atoms with Gasteiger partial charge in [0.25, 0.3) is 0 Å². The molecule has 7 heteroatoms. The maximum Gasteiger partial charge on any atom is 0.246 e. The highest BCUT2D eigenvalue weighted by molar-refractivity contribution is 7.07. The van der Waals surface area contributed by atoms with E-state index in [9.17, 15) is 9.59 Å². The molecule has 1 saturated heterocycles. The van der Waals surface area contributed by atoms with E-state index in [0.717, 1.165) is 62.0 Å². The number of aromatic nitrogens is 2. The zero-order valence-corrected chi connectivity index (χ0v) is 16.9. The molecule has 4 heterocycles. The maximum atomic E-state index is 12.6. The van der Waals surface area contributed by atoms with E-state index in [2.05, 4.69) is 21.4 Å². The van der Waals surface area contributed by atoms with Crippen LogP contribution in [0.5, 0.6) is 0 Å².